The molecule has 0 radical (unpaired) electrons. The van der Waals surface area contributed by atoms with Gasteiger partial charge in [-0.3, -0.25) is 9.59 Å². The fourth-order valence-corrected chi connectivity index (χ4v) is 5.16. The van der Waals surface area contributed by atoms with E-state index in [4.69, 9.17) is 4.74 Å². The Morgan fingerprint density at radius 3 is 2.61 bits per heavy atom. The van der Waals surface area contributed by atoms with Crippen LogP contribution in [0.3, 0.4) is 0 Å². The van der Waals surface area contributed by atoms with Gasteiger partial charge in [0.1, 0.15) is 30.7 Å². The zero-order valence-corrected chi connectivity index (χ0v) is 21.2. The van der Waals surface area contributed by atoms with Gasteiger partial charge in [0.15, 0.2) is 0 Å². The Bertz CT molecular complexity index is 1500. The minimum absolute atomic E-state index is 0.145. The molecule has 38 heavy (non-hydrogen) atoms. The highest BCUT2D eigenvalue weighted by atomic mass is 16.5. The molecule has 4 aromatic rings. The molecule has 1 fully saturated rings. The Balaban J connectivity index is 1.18. The van der Waals surface area contributed by atoms with E-state index in [1.54, 1.807) is 17.7 Å². The topological polar surface area (TPSA) is 105 Å². The van der Waals surface area contributed by atoms with E-state index in [9.17, 15) is 9.59 Å². The molecule has 2 aromatic heterocycles. The van der Waals surface area contributed by atoms with E-state index in [0.29, 0.717) is 29.7 Å². The van der Waals surface area contributed by atoms with Crippen LogP contribution in [0.1, 0.15) is 16.2 Å². The monoisotopic (exact) mass is 509 g/mol. The van der Waals surface area contributed by atoms with Crippen molar-refractivity contribution >= 4 is 29.0 Å². The Morgan fingerprint density at radius 2 is 1.82 bits per heavy atom. The standard InChI is InChI=1S/C28H27N7O3/c1-18-12-22(19-6-4-3-5-7-19)25(33(18)2)26(36)27(37)32-20-8-9-23-24(13-20)38-15-21-14-34(10-11-35(21)23)28-30-16-29-17-31-28/h3-9,12-13,16-17,21H,10-11,14-15H2,1-2H3,(H,32,37)/t21-/m1/s1. The van der Waals surface area contributed by atoms with Crippen LogP contribution in [0.25, 0.3) is 11.1 Å². The molecule has 0 spiro atoms. The van der Waals surface area contributed by atoms with Crippen LogP contribution in [0, 0.1) is 6.92 Å². The fraction of sp³-hybridized carbons (Fsp3) is 0.250. The van der Waals surface area contributed by atoms with Gasteiger partial charge < -0.3 is 24.4 Å². The highest BCUT2D eigenvalue weighted by Crippen LogP contribution is 2.37. The van der Waals surface area contributed by atoms with E-state index >= 15 is 0 Å². The minimum atomic E-state index is -0.692. The highest BCUT2D eigenvalue weighted by Gasteiger charge is 2.34. The zero-order chi connectivity index (χ0) is 26.2. The summed E-state index contributed by atoms with van der Waals surface area (Å²) >= 11 is 0. The molecule has 10 heteroatoms. The predicted molar refractivity (Wildman–Crippen MR) is 144 cm³/mol. The van der Waals surface area contributed by atoms with Crippen molar-refractivity contribution < 1.29 is 14.3 Å². The largest absolute Gasteiger partial charge is 0.489 e. The number of anilines is 3. The first-order chi connectivity index (χ1) is 18.5. The van der Waals surface area contributed by atoms with Crippen molar-refractivity contribution in [3.05, 3.63) is 78.6 Å². The number of Topliss-reactive ketones (excluding diaryl/α,β-unsaturated/α-hetero) is 1. The summed E-state index contributed by atoms with van der Waals surface area (Å²) in [6, 6.07) is 17.2. The number of nitrogens with zero attached hydrogens (tertiary/aromatic N) is 6. The minimum Gasteiger partial charge on any atom is -0.489 e. The van der Waals surface area contributed by atoms with E-state index in [1.807, 2.05) is 55.5 Å². The van der Waals surface area contributed by atoms with Crippen LogP contribution in [0.5, 0.6) is 5.75 Å². The molecule has 0 bridgehead atoms. The third-order valence-electron chi connectivity index (χ3n) is 7.18. The molecule has 2 aromatic carbocycles. The van der Waals surface area contributed by atoms with E-state index in [0.717, 1.165) is 42.1 Å². The number of carbonyl (C=O) groups is 2. The number of hydrogen-bond donors (Lipinski definition) is 1. The second-order valence-corrected chi connectivity index (χ2v) is 9.48. The molecular formula is C28H27N7O3. The van der Waals surface area contributed by atoms with Crippen LogP contribution in [0.2, 0.25) is 0 Å². The second-order valence-electron chi connectivity index (χ2n) is 9.48. The van der Waals surface area contributed by atoms with Crippen molar-refractivity contribution in [3.8, 4) is 16.9 Å². The molecule has 1 atom stereocenters. The Hall–Kier alpha value is -4.73. The van der Waals surface area contributed by atoms with Gasteiger partial charge in [-0.25, -0.2) is 15.0 Å². The number of ketones is 1. The third-order valence-corrected chi connectivity index (χ3v) is 7.18. The summed E-state index contributed by atoms with van der Waals surface area (Å²) in [7, 11) is 1.80. The SMILES string of the molecule is Cc1cc(-c2ccccc2)c(C(=O)C(=O)Nc2ccc3c(c2)OC[C@H]2CN(c4ncncn4)CCN32)n1C. The molecule has 2 aliphatic heterocycles. The van der Waals surface area contributed by atoms with E-state index in [-0.39, 0.29) is 6.04 Å². The Labute approximate surface area is 219 Å². The van der Waals surface area contributed by atoms with E-state index in [2.05, 4.69) is 30.1 Å². The molecular weight excluding hydrogens is 482 g/mol. The molecule has 1 N–H and O–H groups in total. The summed E-state index contributed by atoms with van der Waals surface area (Å²) in [5.41, 5.74) is 4.36. The van der Waals surface area contributed by atoms with Crippen molar-refractivity contribution in [1.82, 2.24) is 19.5 Å². The number of nitrogens with one attached hydrogen (secondary N) is 1. The Kier molecular flexibility index (Phi) is 5.99. The lowest BCUT2D eigenvalue weighted by molar-refractivity contribution is -0.112. The maximum atomic E-state index is 13.3. The van der Waals surface area contributed by atoms with Crippen molar-refractivity contribution in [2.75, 3.05) is 41.4 Å². The van der Waals surface area contributed by atoms with Crippen LogP contribution < -0.4 is 19.9 Å². The van der Waals surface area contributed by atoms with Gasteiger partial charge in [0, 0.05) is 49.7 Å². The number of amides is 1. The summed E-state index contributed by atoms with van der Waals surface area (Å²) in [6.45, 7) is 4.70. The van der Waals surface area contributed by atoms with Gasteiger partial charge in [0.05, 0.1) is 11.7 Å². The first kappa shape index (κ1) is 23.7. The van der Waals surface area contributed by atoms with Crippen LogP contribution in [0.15, 0.2) is 67.3 Å². The molecule has 4 heterocycles. The second kappa shape index (κ2) is 9.62. The average molecular weight is 510 g/mol. The van der Waals surface area contributed by atoms with Gasteiger partial charge in [-0.15, -0.1) is 0 Å². The van der Waals surface area contributed by atoms with Crippen LogP contribution in [0.4, 0.5) is 17.3 Å². The smallest absolute Gasteiger partial charge is 0.298 e. The number of rotatable bonds is 5. The normalized spacial score (nSPS) is 16.3. The molecule has 6 rings (SSSR count). The molecule has 1 saturated heterocycles. The fourth-order valence-electron chi connectivity index (χ4n) is 5.16. The number of piperazine rings is 1. The number of hydrogen-bond acceptors (Lipinski definition) is 8. The zero-order valence-electron chi connectivity index (χ0n) is 21.2. The van der Waals surface area contributed by atoms with Crippen molar-refractivity contribution in [2.45, 2.75) is 13.0 Å². The first-order valence-corrected chi connectivity index (χ1v) is 12.5. The molecule has 1 amide bonds. The molecule has 192 valence electrons. The molecule has 0 saturated carbocycles. The van der Waals surface area contributed by atoms with Gasteiger partial charge in [-0.2, -0.15) is 0 Å². The van der Waals surface area contributed by atoms with Gasteiger partial charge in [0.25, 0.3) is 11.7 Å². The third kappa shape index (κ3) is 4.23. The molecule has 2 aliphatic rings. The average Bonchev–Trinajstić information content (AvgIpc) is 3.26. The van der Waals surface area contributed by atoms with E-state index in [1.165, 1.54) is 12.7 Å². The maximum Gasteiger partial charge on any atom is 0.298 e. The molecule has 0 unspecified atom stereocenters. The number of fused-ring (bicyclic) bond motifs is 3. The predicted octanol–water partition coefficient (Wildman–Crippen LogP) is 3.09. The van der Waals surface area contributed by atoms with Gasteiger partial charge in [-0.1, -0.05) is 30.3 Å². The summed E-state index contributed by atoms with van der Waals surface area (Å²) in [4.78, 5) is 43.3. The van der Waals surface area contributed by atoms with Gasteiger partial charge in [-0.05, 0) is 30.7 Å². The lowest BCUT2D eigenvalue weighted by Crippen LogP contribution is -2.57. The number of aryl methyl sites for hydroxylation is 1. The Morgan fingerprint density at radius 1 is 1.03 bits per heavy atom. The number of benzene rings is 2. The number of ether oxygens (including phenoxy) is 1. The lowest BCUT2D eigenvalue weighted by Gasteiger charge is -2.45. The van der Waals surface area contributed by atoms with Crippen LogP contribution >= 0.6 is 0 Å². The van der Waals surface area contributed by atoms with Gasteiger partial charge in [0.2, 0.25) is 5.95 Å². The lowest BCUT2D eigenvalue weighted by atomic mass is 10.0. The maximum absolute atomic E-state index is 13.3. The van der Waals surface area contributed by atoms with Crippen molar-refractivity contribution in [1.29, 1.82) is 0 Å². The van der Waals surface area contributed by atoms with Crippen molar-refractivity contribution in [3.63, 3.8) is 0 Å². The highest BCUT2D eigenvalue weighted by molar-refractivity contribution is 6.47. The number of carbonyl (C=O) groups excluding carboxylic acids is 2. The molecule has 0 aliphatic carbocycles. The van der Waals surface area contributed by atoms with E-state index < -0.39 is 11.7 Å². The van der Waals surface area contributed by atoms with Gasteiger partial charge >= 0.3 is 0 Å². The number of aromatic nitrogens is 4. The quantitative estimate of drug-likeness (QED) is 0.323. The summed E-state index contributed by atoms with van der Waals surface area (Å²) in [5.74, 6) is 0.0624. The molecule has 10 nitrogen and oxygen atoms in total. The summed E-state index contributed by atoms with van der Waals surface area (Å²) in [6.07, 6.45) is 3.01. The van der Waals surface area contributed by atoms with Crippen molar-refractivity contribution in [2.24, 2.45) is 7.05 Å². The summed E-state index contributed by atoms with van der Waals surface area (Å²) in [5, 5.41) is 2.78. The van der Waals surface area contributed by atoms with Crippen LogP contribution in [-0.2, 0) is 11.8 Å². The van der Waals surface area contributed by atoms with Crippen LogP contribution in [-0.4, -0.2) is 63.5 Å². The summed E-state index contributed by atoms with van der Waals surface area (Å²) < 4.78 is 7.84. The first-order valence-electron chi connectivity index (χ1n) is 12.5.